The highest BCUT2D eigenvalue weighted by atomic mass is 79.9. The molecule has 1 nitrogen and oxygen atoms in total. The molecule has 0 saturated carbocycles. The lowest BCUT2D eigenvalue weighted by atomic mass is 10.1. The third kappa shape index (κ3) is 1.70. The highest BCUT2D eigenvalue weighted by molar-refractivity contribution is 9.10. The van der Waals surface area contributed by atoms with Gasteiger partial charge < -0.3 is 5.11 Å². The Morgan fingerprint density at radius 3 is 2.86 bits per heavy atom. The first-order valence-electron chi connectivity index (χ1n) is 4.13. The van der Waals surface area contributed by atoms with Gasteiger partial charge in [-0.1, -0.05) is 6.07 Å². The summed E-state index contributed by atoms with van der Waals surface area (Å²) in [4.78, 5) is 1.13. The molecule has 0 aliphatic carbocycles. The Bertz CT molecular complexity index is 466. The smallest absolute Gasteiger partial charge is 0.0688 e. The summed E-state index contributed by atoms with van der Waals surface area (Å²) in [6, 6.07) is 5.93. The Morgan fingerprint density at radius 1 is 1.43 bits per heavy atom. The fourth-order valence-corrected chi connectivity index (χ4v) is 3.19. The van der Waals surface area contributed by atoms with Gasteiger partial charge in [-0.3, -0.25) is 0 Å². The summed E-state index contributed by atoms with van der Waals surface area (Å²) in [6.07, 6.45) is 0. The third-order valence-corrected chi connectivity index (χ3v) is 4.62. The molecule has 74 valence electrons. The van der Waals surface area contributed by atoms with Gasteiger partial charge in [0, 0.05) is 14.0 Å². The predicted molar refractivity (Wildman–Crippen MR) is 65.0 cm³/mol. The summed E-state index contributed by atoms with van der Waals surface area (Å²) < 4.78 is 2.22. The predicted octanol–water partition coefficient (Wildman–Crippen LogP) is 3.89. The Morgan fingerprint density at radius 2 is 2.21 bits per heavy atom. The van der Waals surface area contributed by atoms with Gasteiger partial charge >= 0.3 is 0 Å². The van der Waals surface area contributed by atoms with Gasteiger partial charge in [-0.05, 0) is 39.0 Å². The second-order valence-electron chi connectivity index (χ2n) is 2.95. The highest BCUT2D eigenvalue weighted by Gasteiger charge is 2.08. The molecule has 0 amide bonds. The minimum atomic E-state index is 0.0717. The van der Waals surface area contributed by atoms with E-state index in [4.69, 9.17) is 16.7 Å². The second kappa shape index (κ2) is 4.19. The van der Waals surface area contributed by atoms with Crippen LogP contribution >= 0.6 is 38.9 Å². The van der Waals surface area contributed by atoms with Crippen LogP contribution in [-0.4, -0.2) is 5.11 Å². The SMILES string of the molecule is OCc1ccc(Br)c2sc(CCl)cc12. The van der Waals surface area contributed by atoms with E-state index >= 15 is 0 Å². The van der Waals surface area contributed by atoms with Crippen molar-refractivity contribution in [2.75, 3.05) is 0 Å². The van der Waals surface area contributed by atoms with E-state index < -0.39 is 0 Å². The standard InChI is InChI=1S/C10H8BrClOS/c11-9-2-1-6(5-13)8-3-7(4-12)14-10(8)9/h1-3,13H,4-5H2. The Labute approximate surface area is 99.4 Å². The number of aliphatic hydroxyl groups is 1. The molecule has 0 radical (unpaired) electrons. The van der Waals surface area contributed by atoms with Crippen molar-refractivity contribution < 1.29 is 5.11 Å². The lowest BCUT2D eigenvalue weighted by Crippen LogP contribution is -1.82. The quantitative estimate of drug-likeness (QED) is 0.832. The first-order valence-corrected chi connectivity index (χ1v) is 6.27. The third-order valence-electron chi connectivity index (χ3n) is 2.08. The van der Waals surface area contributed by atoms with Crippen molar-refractivity contribution in [3.8, 4) is 0 Å². The molecule has 0 spiro atoms. The summed E-state index contributed by atoms with van der Waals surface area (Å²) in [6.45, 7) is 0.0717. The van der Waals surface area contributed by atoms with Gasteiger partial charge in [0.15, 0.2) is 0 Å². The number of alkyl halides is 1. The molecule has 1 aromatic heterocycles. The summed E-state index contributed by atoms with van der Waals surface area (Å²) in [5.41, 5.74) is 0.954. The Balaban J connectivity index is 2.74. The number of fused-ring (bicyclic) bond motifs is 1. The molecular weight excluding hydrogens is 284 g/mol. The van der Waals surface area contributed by atoms with E-state index in [9.17, 15) is 0 Å². The summed E-state index contributed by atoms with van der Waals surface area (Å²) >= 11 is 10.9. The lowest BCUT2D eigenvalue weighted by Gasteiger charge is -1.99. The fourth-order valence-electron chi connectivity index (χ4n) is 1.40. The van der Waals surface area contributed by atoms with Gasteiger partial charge in [-0.2, -0.15) is 0 Å². The minimum absolute atomic E-state index is 0.0717. The van der Waals surface area contributed by atoms with Crippen LogP contribution in [0, 0.1) is 0 Å². The monoisotopic (exact) mass is 290 g/mol. The van der Waals surface area contributed by atoms with Gasteiger partial charge in [0.2, 0.25) is 0 Å². The van der Waals surface area contributed by atoms with Crippen molar-refractivity contribution in [1.82, 2.24) is 0 Å². The summed E-state index contributed by atoms with van der Waals surface area (Å²) in [5.74, 6) is 0.524. The summed E-state index contributed by atoms with van der Waals surface area (Å²) in [7, 11) is 0. The average Bonchev–Trinajstić information content (AvgIpc) is 2.63. The van der Waals surface area contributed by atoms with Gasteiger partial charge in [0.1, 0.15) is 0 Å². The van der Waals surface area contributed by atoms with E-state index in [0.29, 0.717) is 5.88 Å². The first-order chi connectivity index (χ1) is 6.76. The number of hydrogen-bond donors (Lipinski definition) is 1. The largest absolute Gasteiger partial charge is 0.392 e. The van der Waals surface area contributed by atoms with Crippen LogP contribution in [0.4, 0.5) is 0 Å². The fraction of sp³-hybridized carbons (Fsp3) is 0.200. The van der Waals surface area contributed by atoms with Crippen molar-refractivity contribution in [3.63, 3.8) is 0 Å². The van der Waals surface area contributed by atoms with Crippen LogP contribution in [0.5, 0.6) is 0 Å². The zero-order chi connectivity index (χ0) is 10.1. The Kier molecular flexibility index (Phi) is 3.12. The van der Waals surface area contributed by atoms with Gasteiger partial charge in [0.25, 0.3) is 0 Å². The van der Waals surface area contributed by atoms with Crippen LogP contribution in [0.1, 0.15) is 10.4 Å². The van der Waals surface area contributed by atoms with Crippen molar-refractivity contribution in [1.29, 1.82) is 0 Å². The minimum Gasteiger partial charge on any atom is -0.392 e. The molecule has 1 N–H and O–H groups in total. The highest BCUT2D eigenvalue weighted by Crippen LogP contribution is 2.35. The molecule has 0 saturated heterocycles. The van der Waals surface area contributed by atoms with Crippen LogP contribution in [0.25, 0.3) is 10.1 Å². The number of thiophene rings is 1. The molecule has 1 aromatic carbocycles. The molecule has 0 unspecified atom stereocenters. The van der Waals surface area contributed by atoms with Crippen LogP contribution in [0.2, 0.25) is 0 Å². The molecule has 1 heterocycles. The first kappa shape index (κ1) is 10.4. The molecule has 0 atom stereocenters. The summed E-state index contributed by atoms with van der Waals surface area (Å²) in [5, 5.41) is 10.3. The van der Waals surface area contributed by atoms with Crippen molar-refractivity contribution in [2.45, 2.75) is 12.5 Å². The maximum atomic E-state index is 9.16. The average molecular weight is 292 g/mol. The van der Waals surface area contributed by atoms with Gasteiger partial charge in [-0.15, -0.1) is 22.9 Å². The van der Waals surface area contributed by atoms with Crippen LogP contribution in [0.15, 0.2) is 22.7 Å². The van der Waals surface area contributed by atoms with Crippen molar-refractivity contribution in [2.24, 2.45) is 0 Å². The second-order valence-corrected chi connectivity index (χ2v) is 5.21. The molecule has 14 heavy (non-hydrogen) atoms. The number of hydrogen-bond acceptors (Lipinski definition) is 2. The van der Waals surface area contributed by atoms with E-state index in [1.807, 2.05) is 18.2 Å². The molecular formula is C10H8BrClOS. The number of aliphatic hydroxyl groups excluding tert-OH is 1. The molecule has 2 aromatic rings. The zero-order valence-corrected chi connectivity index (χ0v) is 10.4. The van der Waals surface area contributed by atoms with Gasteiger partial charge in [-0.25, -0.2) is 0 Å². The number of benzene rings is 1. The van der Waals surface area contributed by atoms with E-state index in [0.717, 1.165) is 25.0 Å². The molecule has 0 aliphatic heterocycles. The lowest BCUT2D eigenvalue weighted by molar-refractivity contribution is 0.283. The van der Waals surface area contributed by atoms with E-state index in [1.165, 1.54) is 0 Å². The van der Waals surface area contributed by atoms with Crippen LogP contribution in [-0.2, 0) is 12.5 Å². The zero-order valence-electron chi connectivity index (χ0n) is 7.26. The topological polar surface area (TPSA) is 20.2 Å². The van der Waals surface area contributed by atoms with Crippen LogP contribution in [0.3, 0.4) is 0 Å². The molecule has 2 rings (SSSR count). The maximum absolute atomic E-state index is 9.16. The molecule has 0 fully saturated rings. The van der Waals surface area contributed by atoms with Crippen molar-refractivity contribution in [3.05, 3.63) is 33.1 Å². The molecule has 4 heteroatoms. The molecule has 0 bridgehead atoms. The van der Waals surface area contributed by atoms with Crippen LogP contribution < -0.4 is 0 Å². The maximum Gasteiger partial charge on any atom is 0.0688 e. The normalized spacial score (nSPS) is 11.1. The molecule has 0 aliphatic rings. The van der Waals surface area contributed by atoms with E-state index in [-0.39, 0.29) is 6.61 Å². The Hall–Kier alpha value is -0.0900. The van der Waals surface area contributed by atoms with Gasteiger partial charge in [0.05, 0.1) is 12.5 Å². The number of halogens is 2. The van der Waals surface area contributed by atoms with E-state index in [1.54, 1.807) is 11.3 Å². The number of rotatable bonds is 2. The van der Waals surface area contributed by atoms with Crippen molar-refractivity contribution >= 4 is 49.0 Å². The van der Waals surface area contributed by atoms with E-state index in [2.05, 4.69) is 15.9 Å².